The molecular weight excluding hydrogens is 372 g/mol. The molecule has 1 aliphatic heterocycles. The highest BCUT2D eigenvalue weighted by molar-refractivity contribution is 6.30. The monoisotopic (exact) mass is 390 g/mol. The summed E-state index contributed by atoms with van der Waals surface area (Å²) in [5.41, 5.74) is 3.40. The lowest BCUT2D eigenvalue weighted by Gasteiger charge is -2.35. The fourth-order valence-electron chi connectivity index (χ4n) is 3.50. The second kappa shape index (κ2) is 7.87. The molecule has 0 radical (unpaired) electrons. The maximum atomic E-state index is 13.2. The van der Waals surface area contributed by atoms with Crippen molar-refractivity contribution in [1.82, 2.24) is 10.2 Å². The zero-order valence-corrected chi connectivity index (χ0v) is 15.9. The number of carbonyl (C=O) groups excluding carboxylic acids is 2. The van der Waals surface area contributed by atoms with E-state index in [1.54, 1.807) is 23.1 Å². The van der Waals surface area contributed by atoms with Crippen LogP contribution in [0.4, 0.5) is 0 Å². The molecule has 4 rings (SSSR count). The Balaban J connectivity index is 1.63. The van der Waals surface area contributed by atoms with E-state index in [0.29, 0.717) is 29.2 Å². The molecule has 0 saturated carbocycles. The van der Waals surface area contributed by atoms with Crippen molar-refractivity contribution < 1.29 is 9.59 Å². The minimum absolute atomic E-state index is 0.167. The summed E-state index contributed by atoms with van der Waals surface area (Å²) in [5.74, 6) is -0.359. The largest absolute Gasteiger partial charge is 0.352 e. The number of nitrogens with one attached hydrogen (secondary N) is 1. The average molecular weight is 391 g/mol. The predicted molar refractivity (Wildman–Crippen MR) is 110 cm³/mol. The van der Waals surface area contributed by atoms with E-state index in [9.17, 15) is 9.59 Å². The molecule has 140 valence electrons. The van der Waals surface area contributed by atoms with Gasteiger partial charge in [0.1, 0.15) is 6.04 Å². The van der Waals surface area contributed by atoms with Crippen molar-refractivity contribution in [2.75, 3.05) is 13.1 Å². The maximum absolute atomic E-state index is 13.2. The number of benzene rings is 3. The predicted octanol–water partition coefficient (Wildman–Crippen LogP) is 4.32. The fraction of sp³-hybridized carbons (Fsp3) is 0.130. The summed E-state index contributed by atoms with van der Waals surface area (Å²) in [7, 11) is 0. The average Bonchev–Trinajstić information content (AvgIpc) is 2.74. The fourth-order valence-corrected chi connectivity index (χ4v) is 3.69. The molecule has 3 aromatic rings. The number of hydrogen-bond acceptors (Lipinski definition) is 2. The summed E-state index contributed by atoms with van der Waals surface area (Å²) >= 11 is 6.10. The van der Waals surface area contributed by atoms with E-state index in [-0.39, 0.29) is 11.8 Å². The van der Waals surface area contributed by atoms with Gasteiger partial charge in [-0.05, 0) is 41.0 Å². The van der Waals surface area contributed by atoms with Crippen LogP contribution in [0, 0.1) is 0 Å². The van der Waals surface area contributed by atoms with E-state index in [0.717, 1.165) is 11.1 Å². The van der Waals surface area contributed by atoms with Crippen molar-refractivity contribution in [3.63, 3.8) is 0 Å². The molecule has 2 amide bonds. The number of piperazine rings is 1. The van der Waals surface area contributed by atoms with E-state index in [1.807, 2.05) is 60.7 Å². The Morgan fingerprint density at radius 1 is 0.929 bits per heavy atom. The molecule has 0 spiro atoms. The first-order valence-electron chi connectivity index (χ1n) is 9.13. The number of hydrogen-bond donors (Lipinski definition) is 1. The lowest BCUT2D eigenvalue weighted by atomic mass is 10.00. The van der Waals surface area contributed by atoms with Crippen molar-refractivity contribution in [3.05, 3.63) is 95.0 Å². The van der Waals surface area contributed by atoms with Crippen molar-refractivity contribution >= 4 is 23.4 Å². The van der Waals surface area contributed by atoms with Gasteiger partial charge in [-0.25, -0.2) is 0 Å². The third kappa shape index (κ3) is 3.64. The Kier molecular flexibility index (Phi) is 5.13. The van der Waals surface area contributed by atoms with Crippen LogP contribution in [-0.4, -0.2) is 29.8 Å². The summed E-state index contributed by atoms with van der Waals surface area (Å²) < 4.78 is 0. The lowest BCUT2D eigenvalue weighted by molar-refractivity contribution is -0.128. The third-order valence-corrected chi connectivity index (χ3v) is 5.11. The highest BCUT2D eigenvalue weighted by Crippen LogP contribution is 2.28. The first-order chi connectivity index (χ1) is 13.6. The topological polar surface area (TPSA) is 49.4 Å². The molecule has 1 N–H and O–H groups in total. The zero-order valence-electron chi connectivity index (χ0n) is 15.1. The van der Waals surface area contributed by atoms with Crippen molar-refractivity contribution in [1.29, 1.82) is 0 Å². The Morgan fingerprint density at radius 3 is 2.36 bits per heavy atom. The minimum atomic E-state index is -0.686. The van der Waals surface area contributed by atoms with Crippen LogP contribution >= 0.6 is 11.6 Å². The Labute approximate surface area is 168 Å². The standard InChI is InChI=1S/C23H19ClN2O2/c24-20-8-4-7-19(15-20)21-22(27)25-13-14-26(21)23(28)18-11-9-17(10-12-18)16-5-2-1-3-6-16/h1-12,15,21H,13-14H2,(H,25,27). The smallest absolute Gasteiger partial charge is 0.254 e. The highest BCUT2D eigenvalue weighted by atomic mass is 35.5. The quantitative estimate of drug-likeness (QED) is 0.724. The first kappa shape index (κ1) is 18.3. The number of halogens is 1. The van der Waals surface area contributed by atoms with Crippen molar-refractivity contribution in [3.8, 4) is 11.1 Å². The van der Waals surface area contributed by atoms with E-state index in [4.69, 9.17) is 11.6 Å². The van der Waals surface area contributed by atoms with Crippen molar-refractivity contribution in [2.24, 2.45) is 0 Å². The number of amides is 2. The van der Waals surface area contributed by atoms with Gasteiger partial charge in [-0.1, -0.05) is 66.2 Å². The van der Waals surface area contributed by atoms with Gasteiger partial charge in [0.2, 0.25) is 5.91 Å². The molecule has 3 aromatic carbocycles. The summed E-state index contributed by atoms with van der Waals surface area (Å²) in [6.07, 6.45) is 0. The second-order valence-electron chi connectivity index (χ2n) is 6.69. The van der Waals surface area contributed by atoms with Crippen molar-refractivity contribution in [2.45, 2.75) is 6.04 Å². The Bertz CT molecular complexity index is 1000. The zero-order chi connectivity index (χ0) is 19.5. The van der Waals surface area contributed by atoms with Crippen LogP contribution < -0.4 is 5.32 Å². The Morgan fingerprint density at radius 2 is 1.64 bits per heavy atom. The maximum Gasteiger partial charge on any atom is 0.254 e. The molecule has 4 nitrogen and oxygen atoms in total. The first-order valence-corrected chi connectivity index (χ1v) is 9.51. The summed E-state index contributed by atoms with van der Waals surface area (Å²) in [6, 6.07) is 23.9. The van der Waals surface area contributed by atoms with Crippen LogP contribution in [0.1, 0.15) is 22.0 Å². The number of nitrogens with zero attached hydrogens (tertiary/aromatic N) is 1. The summed E-state index contributed by atoms with van der Waals surface area (Å²) in [6.45, 7) is 0.881. The van der Waals surface area contributed by atoms with E-state index in [1.165, 1.54) is 0 Å². The van der Waals surface area contributed by atoms with Crippen LogP contribution in [0.25, 0.3) is 11.1 Å². The van der Waals surface area contributed by atoms with Gasteiger partial charge in [-0.2, -0.15) is 0 Å². The molecule has 0 bridgehead atoms. The van der Waals surface area contributed by atoms with Crippen LogP contribution in [0.2, 0.25) is 5.02 Å². The van der Waals surface area contributed by atoms with E-state index in [2.05, 4.69) is 5.32 Å². The molecular formula is C23H19ClN2O2. The third-order valence-electron chi connectivity index (χ3n) is 4.88. The molecule has 0 aliphatic carbocycles. The molecule has 1 atom stereocenters. The van der Waals surface area contributed by atoms with Gasteiger partial charge in [0.05, 0.1) is 0 Å². The molecule has 1 fully saturated rings. The van der Waals surface area contributed by atoms with Gasteiger partial charge in [0.15, 0.2) is 0 Å². The normalized spacial score (nSPS) is 16.5. The number of rotatable bonds is 3. The van der Waals surface area contributed by atoms with Crippen LogP contribution in [0.3, 0.4) is 0 Å². The molecule has 28 heavy (non-hydrogen) atoms. The van der Waals surface area contributed by atoms with Crippen LogP contribution in [0.5, 0.6) is 0 Å². The molecule has 1 saturated heterocycles. The number of carbonyl (C=O) groups is 2. The van der Waals surface area contributed by atoms with Gasteiger partial charge < -0.3 is 10.2 Å². The minimum Gasteiger partial charge on any atom is -0.352 e. The van der Waals surface area contributed by atoms with E-state index >= 15 is 0 Å². The molecule has 1 aliphatic rings. The van der Waals surface area contributed by atoms with E-state index < -0.39 is 6.04 Å². The van der Waals surface area contributed by atoms with Gasteiger partial charge in [-0.15, -0.1) is 0 Å². The summed E-state index contributed by atoms with van der Waals surface area (Å²) in [4.78, 5) is 27.3. The van der Waals surface area contributed by atoms with Gasteiger partial charge >= 0.3 is 0 Å². The van der Waals surface area contributed by atoms with Crippen LogP contribution in [0.15, 0.2) is 78.9 Å². The summed E-state index contributed by atoms with van der Waals surface area (Å²) in [5, 5.41) is 3.38. The lowest BCUT2D eigenvalue weighted by Crippen LogP contribution is -2.52. The van der Waals surface area contributed by atoms with Gasteiger partial charge in [0.25, 0.3) is 5.91 Å². The van der Waals surface area contributed by atoms with Crippen LogP contribution in [-0.2, 0) is 4.79 Å². The molecule has 5 heteroatoms. The molecule has 1 heterocycles. The molecule has 0 aromatic heterocycles. The SMILES string of the molecule is O=C1NCCN(C(=O)c2ccc(-c3ccccc3)cc2)C1c1cccc(Cl)c1. The highest BCUT2D eigenvalue weighted by Gasteiger charge is 2.34. The van der Waals surface area contributed by atoms with Gasteiger partial charge in [-0.3, -0.25) is 9.59 Å². The van der Waals surface area contributed by atoms with Gasteiger partial charge in [0, 0.05) is 23.7 Å². The second-order valence-corrected chi connectivity index (χ2v) is 7.13. The molecule has 1 unspecified atom stereocenters. The Hall–Kier alpha value is -3.11.